The number of nitrogens with two attached hydrogens (primary N) is 1. The van der Waals surface area contributed by atoms with Gasteiger partial charge in [0.25, 0.3) is 0 Å². The van der Waals surface area contributed by atoms with Gasteiger partial charge in [-0.2, -0.15) is 4.98 Å². The number of hydrogen-bond acceptors (Lipinski definition) is 7. The lowest BCUT2D eigenvalue weighted by Crippen LogP contribution is -2.41. The van der Waals surface area contributed by atoms with E-state index in [0.29, 0.717) is 36.6 Å². The zero-order valence-corrected chi connectivity index (χ0v) is 15.9. The summed E-state index contributed by atoms with van der Waals surface area (Å²) in [6.45, 7) is 6.44. The van der Waals surface area contributed by atoms with E-state index in [1.54, 1.807) is 7.11 Å². The third kappa shape index (κ3) is 4.42. The van der Waals surface area contributed by atoms with Gasteiger partial charge < -0.3 is 19.9 Å². The average molecular weight is 365 g/mol. The van der Waals surface area contributed by atoms with Gasteiger partial charge >= 0.3 is 0 Å². The molecule has 2 fully saturated rings. The topological polar surface area (TPSA) is 97.7 Å². The van der Waals surface area contributed by atoms with Crippen LogP contribution in [0.15, 0.2) is 4.52 Å². The zero-order chi connectivity index (χ0) is 18.5. The molecular formula is C18H31N5O3. The Bertz CT molecular complexity index is 593. The van der Waals surface area contributed by atoms with Gasteiger partial charge in [0.15, 0.2) is 5.82 Å². The number of rotatable bonds is 6. The lowest BCUT2D eigenvalue weighted by atomic mass is 9.94. The summed E-state index contributed by atoms with van der Waals surface area (Å²) in [6, 6.07) is 0. The van der Waals surface area contributed by atoms with Crippen LogP contribution in [-0.4, -0.2) is 65.7 Å². The predicted molar refractivity (Wildman–Crippen MR) is 96.1 cm³/mol. The van der Waals surface area contributed by atoms with Crippen LogP contribution < -0.4 is 5.73 Å². The first kappa shape index (κ1) is 19.3. The van der Waals surface area contributed by atoms with Crippen molar-refractivity contribution in [3.05, 3.63) is 11.7 Å². The number of aromatic nitrogens is 2. The molecule has 8 nitrogen and oxygen atoms in total. The highest BCUT2D eigenvalue weighted by molar-refractivity contribution is 5.79. The van der Waals surface area contributed by atoms with Crippen molar-refractivity contribution < 1.29 is 14.1 Å². The fourth-order valence-electron chi connectivity index (χ4n) is 4.02. The quantitative estimate of drug-likeness (QED) is 0.808. The first-order chi connectivity index (χ1) is 12.6. The van der Waals surface area contributed by atoms with Crippen molar-refractivity contribution in [3.63, 3.8) is 0 Å². The Morgan fingerprint density at radius 2 is 2.15 bits per heavy atom. The summed E-state index contributed by atoms with van der Waals surface area (Å²) in [7, 11) is 1.63. The summed E-state index contributed by atoms with van der Waals surface area (Å²) in [5.74, 6) is 1.96. The second kappa shape index (κ2) is 8.92. The van der Waals surface area contributed by atoms with Crippen LogP contribution in [0.1, 0.15) is 50.4 Å². The molecule has 1 aliphatic carbocycles. The molecule has 1 saturated heterocycles. The minimum Gasteiger partial charge on any atom is -0.374 e. The highest BCUT2D eigenvalue weighted by atomic mass is 16.5. The fraction of sp³-hybridized carbons (Fsp3) is 0.833. The molecule has 2 aliphatic rings. The van der Waals surface area contributed by atoms with Crippen molar-refractivity contribution >= 4 is 5.91 Å². The molecule has 0 spiro atoms. The Morgan fingerprint density at radius 3 is 2.92 bits per heavy atom. The first-order valence-corrected chi connectivity index (χ1v) is 9.68. The smallest absolute Gasteiger partial charge is 0.240 e. The van der Waals surface area contributed by atoms with Crippen molar-refractivity contribution in [2.45, 2.75) is 45.3 Å². The highest BCUT2D eigenvalue weighted by Gasteiger charge is 2.35. The molecule has 1 saturated carbocycles. The lowest BCUT2D eigenvalue weighted by Gasteiger charge is -2.27. The first-order valence-electron chi connectivity index (χ1n) is 9.68. The largest absolute Gasteiger partial charge is 0.374 e. The van der Waals surface area contributed by atoms with Gasteiger partial charge in [-0.05, 0) is 38.6 Å². The molecule has 1 unspecified atom stereocenters. The van der Waals surface area contributed by atoms with Crippen molar-refractivity contribution in [1.82, 2.24) is 19.9 Å². The van der Waals surface area contributed by atoms with E-state index >= 15 is 0 Å². The molecule has 8 heteroatoms. The number of ether oxygens (including phenoxy) is 1. The summed E-state index contributed by atoms with van der Waals surface area (Å²) < 4.78 is 10.6. The molecule has 1 amide bonds. The van der Waals surface area contributed by atoms with Gasteiger partial charge in [0.05, 0.1) is 6.54 Å². The van der Waals surface area contributed by atoms with E-state index < -0.39 is 0 Å². The molecule has 3 atom stereocenters. The van der Waals surface area contributed by atoms with Gasteiger partial charge in [-0.25, -0.2) is 0 Å². The number of methoxy groups -OCH3 is 1. The molecule has 2 heterocycles. The van der Waals surface area contributed by atoms with E-state index in [9.17, 15) is 4.79 Å². The molecule has 1 aromatic rings. The van der Waals surface area contributed by atoms with Crippen LogP contribution in [0.4, 0.5) is 0 Å². The minimum absolute atomic E-state index is 0.126. The molecule has 1 aromatic heterocycles. The van der Waals surface area contributed by atoms with Gasteiger partial charge in [-0.1, -0.05) is 11.6 Å². The summed E-state index contributed by atoms with van der Waals surface area (Å²) in [4.78, 5) is 21.6. The number of nitrogens with zero attached hydrogens (tertiary/aromatic N) is 4. The number of amides is 1. The number of hydrogen-bond donors (Lipinski definition) is 1. The molecule has 0 aromatic carbocycles. The average Bonchev–Trinajstić information content (AvgIpc) is 3.26. The van der Waals surface area contributed by atoms with Crippen molar-refractivity contribution in [1.29, 1.82) is 0 Å². The third-order valence-electron chi connectivity index (χ3n) is 5.74. The van der Waals surface area contributed by atoms with Gasteiger partial charge in [0.1, 0.15) is 6.10 Å². The molecule has 0 bridgehead atoms. The molecule has 1 aliphatic heterocycles. The highest BCUT2D eigenvalue weighted by Crippen LogP contribution is 2.32. The lowest BCUT2D eigenvalue weighted by molar-refractivity contribution is -0.136. The fourth-order valence-corrected chi connectivity index (χ4v) is 4.02. The second-order valence-corrected chi connectivity index (χ2v) is 7.41. The van der Waals surface area contributed by atoms with Crippen LogP contribution in [0.5, 0.6) is 0 Å². The maximum absolute atomic E-state index is 12.9. The molecule has 0 radical (unpaired) electrons. The SMILES string of the molecule is COC(C)c1noc(CN2CCCN(C(=O)[C@@H]3CCC[C@@H]3CN)CC2)n1. The van der Waals surface area contributed by atoms with Crippen LogP contribution in [-0.2, 0) is 16.1 Å². The Labute approximate surface area is 155 Å². The third-order valence-corrected chi connectivity index (χ3v) is 5.74. The monoisotopic (exact) mass is 365 g/mol. The van der Waals surface area contributed by atoms with Crippen LogP contribution in [0.25, 0.3) is 0 Å². The van der Waals surface area contributed by atoms with E-state index in [0.717, 1.165) is 51.9 Å². The summed E-state index contributed by atoms with van der Waals surface area (Å²) >= 11 is 0. The maximum atomic E-state index is 12.9. The number of carbonyl (C=O) groups is 1. The van der Waals surface area contributed by atoms with E-state index in [1.807, 2.05) is 11.8 Å². The van der Waals surface area contributed by atoms with Crippen molar-refractivity contribution in [2.75, 3.05) is 39.8 Å². The summed E-state index contributed by atoms with van der Waals surface area (Å²) in [6.07, 6.45) is 3.99. The normalized spacial score (nSPS) is 26.0. The van der Waals surface area contributed by atoms with Gasteiger partial charge in [0.2, 0.25) is 11.8 Å². The van der Waals surface area contributed by atoms with E-state index in [1.165, 1.54) is 0 Å². The molecule has 146 valence electrons. The van der Waals surface area contributed by atoms with Gasteiger partial charge in [0, 0.05) is 39.2 Å². The molecule has 3 rings (SSSR count). The van der Waals surface area contributed by atoms with Crippen LogP contribution in [0.3, 0.4) is 0 Å². The standard InChI is InChI=1S/C18H31N5O3/c1-13(25-2)17-20-16(26-21-17)12-22-7-4-8-23(10-9-22)18(24)15-6-3-5-14(15)11-19/h13-15H,3-12,19H2,1-2H3/t13?,14-,15-/m1/s1. The molecule has 2 N–H and O–H groups in total. The van der Waals surface area contributed by atoms with Crippen LogP contribution >= 0.6 is 0 Å². The minimum atomic E-state index is -0.174. The molecule has 26 heavy (non-hydrogen) atoms. The summed E-state index contributed by atoms with van der Waals surface area (Å²) in [5, 5.41) is 3.97. The van der Waals surface area contributed by atoms with Crippen LogP contribution in [0.2, 0.25) is 0 Å². The van der Waals surface area contributed by atoms with E-state index in [2.05, 4.69) is 15.0 Å². The summed E-state index contributed by atoms with van der Waals surface area (Å²) in [5.41, 5.74) is 5.85. The van der Waals surface area contributed by atoms with Crippen molar-refractivity contribution in [3.8, 4) is 0 Å². The predicted octanol–water partition coefficient (Wildman–Crippen LogP) is 1.19. The van der Waals surface area contributed by atoms with Crippen LogP contribution in [0, 0.1) is 11.8 Å². The Morgan fingerprint density at radius 1 is 1.31 bits per heavy atom. The van der Waals surface area contributed by atoms with Gasteiger partial charge in [-0.15, -0.1) is 0 Å². The second-order valence-electron chi connectivity index (χ2n) is 7.41. The zero-order valence-electron chi connectivity index (χ0n) is 15.9. The Balaban J connectivity index is 1.53. The van der Waals surface area contributed by atoms with Gasteiger partial charge in [-0.3, -0.25) is 9.69 Å². The Kier molecular flexibility index (Phi) is 6.61. The van der Waals surface area contributed by atoms with E-state index in [4.69, 9.17) is 15.0 Å². The van der Waals surface area contributed by atoms with Crippen molar-refractivity contribution in [2.24, 2.45) is 17.6 Å². The number of carbonyl (C=O) groups excluding carboxylic acids is 1. The Hall–Kier alpha value is -1.51. The maximum Gasteiger partial charge on any atom is 0.240 e. The molecular weight excluding hydrogens is 334 g/mol. The van der Waals surface area contributed by atoms with E-state index in [-0.39, 0.29) is 12.0 Å².